The van der Waals surface area contributed by atoms with Gasteiger partial charge in [-0.15, -0.1) is 0 Å². The lowest BCUT2D eigenvalue weighted by atomic mass is 9.95. The molecule has 0 radical (unpaired) electrons. The summed E-state index contributed by atoms with van der Waals surface area (Å²) in [6, 6.07) is 69.9. The van der Waals surface area contributed by atoms with Crippen LogP contribution in [0.5, 0.6) is 0 Å². The predicted octanol–water partition coefficient (Wildman–Crippen LogP) is 18.3. The zero-order chi connectivity index (χ0) is 49.4. The normalized spacial score (nSPS) is 11.8. The molecule has 0 unspecified atom stereocenters. The highest BCUT2D eigenvalue weighted by Gasteiger charge is 2.40. The molecule has 0 bridgehead atoms. The van der Waals surface area contributed by atoms with Gasteiger partial charge in [-0.25, -0.2) is 0 Å². The number of aromatic nitrogens is 2. The number of nitrogens with zero attached hydrogens (tertiary/aromatic N) is 3. The Morgan fingerprint density at radius 3 is 1.07 bits per heavy atom. The van der Waals surface area contributed by atoms with E-state index in [1.165, 1.54) is 0 Å². The zero-order valence-corrected chi connectivity index (χ0v) is 40.1. The number of fused-ring (bicyclic) bond motifs is 6. The average Bonchev–Trinajstić information content (AvgIpc) is 3.89. The summed E-state index contributed by atoms with van der Waals surface area (Å²) in [5.41, 5.74) is 14.6. The lowest BCUT2D eigenvalue weighted by Crippen LogP contribution is -2.17. The van der Waals surface area contributed by atoms with Gasteiger partial charge in [0.2, 0.25) is 0 Å². The van der Waals surface area contributed by atoms with Crippen LogP contribution in [0.4, 0.5) is 13.2 Å². The predicted molar refractivity (Wildman–Crippen MR) is 291 cm³/mol. The van der Waals surface area contributed by atoms with Gasteiger partial charge in [0.15, 0.2) is 0 Å². The summed E-state index contributed by atoms with van der Waals surface area (Å²) in [5.74, 6) is 0. The average molecular weight is 938 g/mol. The van der Waals surface area contributed by atoms with Gasteiger partial charge in [0.05, 0.1) is 45.1 Å². The van der Waals surface area contributed by atoms with E-state index >= 15 is 13.2 Å². The lowest BCUT2D eigenvalue weighted by Gasteiger charge is -2.25. The van der Waals surface area contributed by atoms with Crippen molar-refractivity contribution in [2.24, 2.45) is 0 Å². The third-order valence-corrected chi connectivity index (χ3v) is 14.1. The van der Waals surface area contributed by atoms with Crippen molar-refractivity contribution in [3.8, 4) is 73.1 Å². The van der Waals surface area contributed by atoms with Crippen molar-refractivity contribution in [3.63, 3.8) is 0 Å². The summed E-state index contributed by atoms with van der Waals surface area (Å²) in [7, 11) is 0. The zero-order valence-electron chi connectivity index (χ0n) is 40.1. The quantitative estimate of drug-likeness (QED) is 0.157. The molecule has 0 aliphatic heterocycles. The van der Waals surface area contributed by atoms with Crippen LogP contribution in [0, 0.1) is 39.0 Å². The van der Waals surface area contributed by atoms with Crippen LogP contribution in [0.25, 0.3) is 111 Å². The fraction of sp³-hybridized carbons (Fsp3) is 0.0758. The molecule has 0 saturated heterocycles. The van der Waals surface area contributed by atoms with E-state index in [-0.39, 0.29) is 11.4 Å². The molecule has 2 aromatic heterocycles. The largest absolute Gasteiger partial charge is 0.420 e. The summed E-state index contributed by atoms with van der Waals surface area (Å²) in [4.78, 5) is 0. The van der Waals surface area contributed by atoms with Crippen molar-refractivity contribution in [1.29, 1.82) is 5.26 Å². The second kappa shape index (κ2) is 17.2. The summed E-state index contributed by atoms with van der Waals surface area (Å²) in [5, 5.41) is 13.5. The number of halogens is 3. The molecule has 346 valence electrons. The molecular weight excluding hydrogens is 892 g/mol. The Hall–Kier alpha value is -8.92. The van der Waals surface area contributed by atoms with E-state index < -0.39 is 11.7 Å². The first-order valence-corrected chi connectivity index (χ1v) is 24.1. The molecular formula is C66H46F3N3. The first kappa shape index (κ1) is 44.3. The van der Waals surface area contributed by atoms with E-state index in [0.717, 1.165) is 88.3 Å². The number of nitriles is 1. The topological polar surface area (TPSA) is 33.6 Å². The molecule has 2 heterocycles. The molecule has 0 spiro atoms. The SMILES string of the molecule is Cc1cccc(-c2ccc3c4ccc(-c5cccc(C)c5)cc4n(-c4ccc(-c5cccc(C#N)c5)c(-n5c6cc(-c7cccc(C)c7)ccc6c6ccc(-c7cccc(C)c7)cc65)c4C(F)(F)F)c3c2)c1. The van der Waals surface area contributed by atoms with Crippen molar-refractivity contribution in [1.82, 2.24) is 9.13 Å². The van der Waals surface area contributed by atoms with Crippen molar-refractivity contribution in [2.75, 3.05) is 0 Å². The number of benzene rings is 10. The van der Waals surface area contributed by atoms with Gasteiger partial charge in [0.1, 0.15) is 5.56 Å². The third kappa shape index (κ3) is 7.62. The van der Waals surface area contributed by atoms with Gasteiger partial charge in [-0.2, -0.15) is 18.4 Å². The summed E-state index contributed by atoms with van der Waals surface area (Å²) >= 11 is 0. The molecule has 72 heavy (non-hydrogen) atoms. The summed E-state index contributed by atoms with van der Waals surface area (Å²) in [6.45, 7) is 8.16. The number of alkyl halides is 3. The molecule has 10 aromatic carbocycles. The van der Waals surface area contributed by atoms with Gasteiger partial charge < -0.3 is 9.13 Å². The standard InChI is InChI=1S/C66H46F3N3/c1-40-10-5-15-45(30-40)49-20-24-55-56-25-21-50(46-16-6-11-41(2)31-46)36-61(56)71(60(55)35-49)59-29-28-54(53-19-9-14-44(34-53)39-70)65(64(59)66(67,68)69)72-62-37-51(47-17-7-12-42(3)32-47)22-26-57(62)58-27-23-52(38-63(58)72)48-18-8-13-43(4)33-48/h5-38H,1-4H3. The van der Waals surface area contributed by atoms with E-state index in [2.05, 4.69) is 54.6 Å². The second-order valence-corrected chi connectivity index (χ2v) is 19.1. The Kier molecular flexibility index (Phi) is 10.6. The highest BCUT2D eigenvalue weighted by atomic mass is 19.4. The van der Waals surface area contributed by atoms with Gasteiger partial charge in [-0.1, -0.05) is 186 Å². The molecule has 0 N–H and O–H groups in total. The van der Waals surface area contributed by atoms with Crippen LogP contribution >= 0.6 is 0 Å². The van der Waals surface area contributed by atoms with Crippen LogP contribution in [-0.2, 0) is 6.18 Å². The maximum absolute atomic E-state index is 17.4. The van der Waals surface area contributed by atoms with Gasteiger partial charge in [-0.3, -0.25) is 0 Å². The molecule has 0 aliphatic rings. The molecule has 0 amide bonds. The fourth-order valence-electron chi connectivity index (χ4n) is 10.8. The van der Waals surface area contributed by atoms with Crippen molar-refractivity contribution >= 4 is 43.6 Å². The molecule has 6 heteroatoms. The highest BCUT2D eigenvalue weighted by molar-refractivity contribution is 6.13. The summed E-state index contributed by atoms with van der Waals surface area (Å²) < 4.78 is 55.9. The Morgan fingerprint density at radius 1 is 0.361 bits per heavy atom. The highest BCUT2D eigenvalue weighted by Crippen LogP contribution is 2.49. The van der Waals surface area contributed by atoms with E-state index in [1.807, 2.05) is 164 Å². The Bertz CT molecular complexity index is 4010. The Labute approximate surface area is 415 Å². The molecule has 3 nitrogen and oxygen atoms in total. The van der Waals surface area contributed by atoms with Crippen LogP contribution in [0.3, 0.4) is 0 Å². The fourth-order valence-corrected chi connectivity index (χ4v) is 10.8. The maximum Gasteiger partial charge on any atom is 0.420 e. The smallest absolute Gasteiger partial charge is 0.309 e. The molecule has 0 fully saturated rings. The van der Waals surface area contributed by atoms with Crippen LogP contribution in [0.15, 0.2) is 206 Å². The number of aryl methyl sites for hydroxylation is 4. The minimum atomic E-state index is -4.91. The lowest BCUT2D eigenvalue weighted by molar-refractivity contribution is -0.137. The van der Waals surface area contributed by atoms with Crippen LogP contribution in [0.2, 0.25) is 0 Å². The number of rotatable bonds is 7. The Balaban J connectivity index is 1.27. The van der Waals surface area contributed by atoms with E-state index in [1.54, 1.807) is 30.3 Å². The molecule has 0 atom stereocenters. The Morgan fingerprint density at radius 2 is 0.708 bits per heavy atom. The second-order valence-electron chi connectivity index (χ2n) is 19.1. The van der Waals surface area contributed by atoms with E-state index in [9.17, 15) is 5.26 Å². The van der Waals surface area contributed by atoms with Crippen molar-refractivity contribution in [2.45, 2.75) is 33.9 Å². The number of hydrogen-bond donors (Lipinski definition) is 0. The molecule has 12 rings (SSSR count). The van der Waals surface area contributed by atoms with Gasteiger partial charge >= 0.3 is 6.18 Å². The van der Waals surface area contributed by atoms with Crippen molar-refractivity contribution < 1.29 is 13.2 Å². The van der Waals surface area contributed by atoms with Crippen LogP contribution in [-0.4, -0.2) is 9.13 Å². The first-order valence-electron chi connectivity index (χ1n) is 24.1. The van der Waals surface area contributed by atoms with Gasteiger partial charge in [0, 0.05) is 27.1 Å². The first-order chi connectivity index (χ1) is 34.9. The molecule has 0 aliphatic carbocycles. The molecule has 0 saturated carbocycles. The van der Waals surface area contributed by atoms with Gasteiger partial charge in [-0.05, 0) is 120 Å². The van der Waals surface area contributed by atoms with Crippen molar-refractivity contribution in [3.05, 3.63) is 240 Å². The molecule has 12 aromatic rings. The van der Waals surface area contributed by atoms with Crippen LogP contribution in [0.1, 0.15) is 33.4 Å². The monoisotopic (exact) mass is 937 g/mol. The third-order valence-electron chi connectivity index (χ3n) is 14.1. The maximum atomic E-state index is 17.4. The number of hydrogen-bond acceptors (Lipinski definition) is 1. The van der Waals surface area contributed by atoms with E-state index in [0.29, 0.717) is 38.8 Å². The van der Waals surface area contributed by atoms with Gasteiger partial charge in [0.25, 0.3) is 0 Å². The summed E-state index contributed by atoms with van der Waals surface area (Å²) in [6.07, 6.45) is -4.91. The van der Waals surface area contributed by atoms with Crippen LogP contribution < -0.4 is 0 Å². The minimum absolute atomic E-state index is 0.0138. The minimum Gasteiger partial charge on any atom is -0.309 e. The van der Waals surface area contributed by atoms with E-state index in [4.69, 9.17) is 0 Å².